The summed E-state index contributed by atoms with van der Waals surface area (Å²) in [5.74, 6) is 0. The van der Waals surface area contributed by atoms with Gasteiger partial charge in [0, 0.05) is 14.1 Å². The number of rotatable bonds is 1. The average molecular weight is 215 g/mol. The Labute approximate surface area is 75.4 Å². The van der Waals surface area contributed by atoms with E-state index in [1.807, 2.05) is 32.1 Å². The zero-order chi connectivity index (χ0) is 8.43. The minimum absolute atomic E-state index is 0.920. The molecule has 1 aromatic rings. The highest BCUT2D eigenvalue weighted by atomic mass is 79.9. The molecular weight excluding hydrogens is 204 g/mol. The van der Waals surface area contributed by atoms with Crippen LogP contribution in [0.5, 0.6) is 0 Å². The highest BCUT2D eigenvalue weighted by Gasteiger charge is 1.98. The van der Waals surface area contributed by atoms with Crippen molar-refractivity contribution in [3.05, 3.63) is 22.4 Å². The predicted octanol–water partition coefficient (Wildman–Crippen LogP) is 2.22. The molecular formula is C8H11BrN2. The summed E-state index contributed by atoms with van der Waals surface area (Å²) in [6.45, 7) is 2.03. The van der Waals surface area contributed by atoms with Crippen LogP contribution >= 0.6 is 15.9 Å². The topological polar surface area (TPSA) is 16.1 Å². The van der Waals surface area contributed by atoms with Gasteiger partial charge in [-0.2, -0.15) is 0 Å². The lowest BCUT2D eigenvalue weighted by Crippen LogP contribution is -2.09. The summed E-state index contributed by atoms with van der Waals surface area (Å²) in [4.78, 5) is 6.21. The smallest absolute Gasteiger partial charge is 0.109 e. The van der Waals surface area contributed by atoms with Crippen LogP contribution in [0.1, 0.15) is 5.56 Å². The van der Waals surface area contributed by atoms with Crippen molar-refractivity contribution in [3.8, 4) is 0 Å². The minimum Gasteiger partial charge on any atom is -0.376 e. The fourth-order valence-corrected chi connectivity index (χ4v) is 1.00. The number of pyridine rings is 1. The van der Waals surface area contributed by atoms with Gasteiger partial charge in [0.25, 0.3) is 0 Å². The highest BCUT2D eigenvalue weighted by molar-refractivity contribution is 9.10. The molecule has 0 aliphatic heterocycles. The van der Waals surface area contributed by atoms with Gasteiger partial charge in [-0.1, -0.05) is 0 Å². The molecule has 1 rings (SSSR count). The van der Waals surface area contributed by atoms with E-state index in [1.54, 1.807) is 0 Å². The highest BCUT2D eigenvalue weighted by Crippen LogP contribution is 2.17. The molecule has 0 saturated carbocycles. The van der Waals surface area contributed by atoms with Crippen LogP contribution in [0.3, 0.4) is 0 Å². The standard InChI is InChI=1S/C8H11BrN2/c1-6-4-7(11(2)3)5-10-8(6)9/h4-5H,1-3H3. The molecule has 60 valence electrons. The quantitative estimate of drug-likeness (QED) is 0.667. The lowest BCUT2D eigenvalue weighted by Gasteiger charge is -2.12. The molecule has 3 heteroatoms. The molecule has 11 heavy (non-hydrogen) atoms. The first-order chi connectivity index (χ1) is 5.11. The SMILES string of the molecule is Cc1cc(N(C)C)cnc1Br. The maximum Gasteiger partial charge on any atom is 0.109 e. The summed E-state index contributed by atoms with van der Waals surface area (Å²) in [6, 6.07) is 2.09. The molecule has 0 aromatic carbocycles. The second-order valence-electron chi connectivity index (χ2n) is 2.70. The second-order valence-corrected chi connectivity index (χ2v) is 3.45. The van der Waals surface area contributed by atoms with Gasteiger partial charge >= 0.3 is 0 Å². The molecule has 1 aromatic heterocycles. The molecule has 0 radical (unpaired) electrons. The monoisotopic (exact) mass is 214 g/mol. The molecule has 0 N–H and O–H groups in total. The van der Waals surface area contributed by atoms with E-state index < -0.39 is 0 Å². The number of hydrogen-bond acceptors (Lipinski definition) is 2. The molecule has 1 heterocycles. The fourth-order valence-electron chi connectivity index (χ4n) is 0.788. The van der Waals surface area contributed by atoms with E-state index in [2.05, 4.69) is 27.0 Å². The Bertz CT molecular complexity index is 258. The summed E-state index contributed by atoms with van der Waals surface area (Å²) >= 11 is 3.35. The first-order valence-corrected chi connectivity index (χ1v) is 4.20. The number of hydrogen-bond donors (Lipinski definition) is 0. The number of anilines is 1. The van der Waals surface area contributed by atoms with E-state index in [-0.39, 0.29) is 0 Å². The van der Waals surface area contributed by atoms with Crippen molar-refractivity contribution in [1.29, 1.82) is 0 Å². The number of aryl methyl sites for hydroxylation is 1. The minimum atomic E-state index is 0.920. The molecule has 0 fully saturated rings. The molecule has 0 amide bonds. The van der Waals surface area contributed by atoms with E-state index in [0.29, 0.717) is 0 Å². The van der Waals surface area contributed by atoms with Gasteiger partial charge in [-0.15, -0.1) is 0 Å². The maximum absolute atomic E-state index is 4.17. The van der Waals surface area contributed by atoms with E-state index in [1.165, 1.54) is 0 Å². The number of halogens is 1. The van der Waals surface area contributed by atoms with E-state index in [0.717, 1.165) is 15.9 Å². The van der Waals surface area contributed by atoms with Crippen LogP contribution in [0.25, 0.3) is 0 Å². The van der Waals surface area contributed by atoms with Crippen LogP contribution in [0.2, 0.25) is 0 Å². The largest absolute Gasteiger partial charge is 0.376 e. The normalized spacial score (nSPS) is 9.82. The van der Waals surface area contributed by atoms with Gasteiger partial charge in [-0.3, -0.25) is 0 Å². The molecule has 0 unspecified atom stereocenters. The summed E-state index contributed by atoms with van der Waals surface area (Å²) in [5.41, 5.74) is 2.29. The van der Waals surface area contributed by atoms with Crippen LogP contribution in [0.15, 0.2) is 16.9 Å². The fraction of sp³-hybridized carbons (Fsp3) is 0.375. The summed E-state index contributed by atoms with van der Waals surface area (Å²) in [6.07, 6.45) is 1.84. The summed E-state index contributed by atoms with van der Waals surface area (Å²) in [5, 5.41) is 0. The van der Waals surface area contributed by atoms with Crippen LogP contribution < -0.4 is 4.90 Å². The third kappa shape index (κ3) is 1.93. The second kappa shape index (κ2) is 3.22. The van der Waals surface area contributed by atoms with Gasteiger partial charge in [0.15, 0.2) is 0 Å². The van der Waals surface area contributed by atoms with Crippen molar-refractivity contribution in [1.82, 2.24) is 4.98 Å². The first-order valence-electron chi connectivity index (χ1n) is 3.40. The van der Waals surface area contributed by atoms with Gasteiger partial charge in [-0.25, -0.2) is 4.98 Å². The predicted molar refractivity (Wildman–Crippen MR) is 51.0 cm³/mol. The Morgan fingerprint density at radius 1 is 1.45 bits per heavy atom. The Balaban J connectivity index is 3.05. The Kier molecular flexibility index (Phi) is 2.49. The molecule has 2 nitrogen and oxygen atoms in total. The van der Waals surface area contributed by atoms with Crippen LogP contribution in [-0.2, 0) is 0 Å². The lowest BCUT2D eigenvalue weighted by molar-refractivity contribution is 1.09. The van der Waals surface area contributed by atoms with Crippen molar-refractivity contribution < 1.29 is 0 Å². The zero-order valence-corrected chi connectivity index (χ0v) is 8.51. The van der Waals surface area contributed by atoms with Crippen molar-refractivity contribution in [2.75, 3.05) is 19.0 Å². The van der Waals surface area contributed by atoms with E-state index >= 15 is 0 Å². The first kappa shape index (κ1) is 8.53. The number of nitrogens with zero attached hydrogens (tertiary/aromatic N) is 2. The van der Waals surface area contributed by atoms with Crippen LogP contribution in [0.4, 0.5) is 5.69 Å². The van der Waals surface area contributed by atoms with Gasteiger partial charge in [0.05, 0.1) is 11.9 Å². The molecule has 0 spiro atoms. The van der Waals surface area contributed by atoms with Crippen LogP contribution in [-0.4, -0.2) is 19.1 Å². The van der Waals surface area contributed by atoms with Crippen molar-refractivity contribution in [2.45, 2.75) is 6.92 Å². The Morgan fingerprint density at radius 2 is 2.09 bits per heavy atom. The Hall–Kier alpha value is -0.570. The molecule has 0 bridgehead atoms. The summed E-state index contributed by atoms with van der Waals surface area (Å²) < 4.78 is 0.920. The van der Waals surface area contributed by atoms with Crippen molar-refractivity contribution in [3.63, 3.8) is 0 Å². The van der Waals surface area contributed by atoms with E-state index in [4.69, 9.17) is 0 Å². The maximum atomic E-state index is 4.17. The van der Waals surface area contributed by atoms with Gasteiger partial charge < -0.3 is 4.90 Å². The van der Waals surface area contributed by atoms with Gasteiger partial charge in [-0.05, 0) is 34.5 Å². The van der Waals surface area contributed by atoms with Crippen molar-refractivity contribution in [2.24, 2.45) is 0 Å². The molecule has 0 atom stereocenters. The van der Waals surface area contributed by atoms with E-state index in [9.17, 15) is 0 Å². The molecule has 0 aliphatic carbocycles. The van der Waals surface area contributed by atoms with Crippen molar-refractivity contribution >= 4 is 21.6 Å². The number of aromatic nitrogens is 1. The third-order valence-electron chi connectivity index (χ3n) is 1.52. The lowest BCUT2D eigenvalue weighted by atomic mass is 10.3. The average Bonchev–Trinajstić information content (AvgIpc) is 1.94. The molecule has 0 aliphatic rings. The molecule has 0 saturated heterocycles. The Morgan fingerprint density at radius 3 is 2.55 bits per heavy atom. The summed E-state index contributed by atoms with van der Waals surface area (Å²) in [7, 11) is 4.01. The van der Waals surface area contributed by atoms with Gasteiger partial charge in [0.2, 0.25) is 0 Å². The van der Waals surface area contributed by atoms with Crippen LogP contribution in [0, 0.1) is 6.92 Å². The van der Waals surface area contributed by atoms with Gasteiger partial charge in [0.1, 0.15) is 4.60 Å². The third-order valence-corrected chi connectivity index (χ3v) is 2.35. The zero-order valence-electron chi connectivity index (χ0n) is 6.93.